The molecule has 0 aromatic heterocycles. The van der Waals surface area contributed by atoms with Crippen molar-refractivity contribution in [2.24, 2.45) is 0 Å². The lowest BCUT2D eigenvalue weighted by molar-refractivity contribution is -0.139. The van der Waals surface area contributed by atoms with Crippen LogP contribution in [0.4, 0.5) is 4.39 Å². The number of rotatable bonds is 6. The zero-order chi connectivity index (χ0) is 13.5. The standard InChI is InChI=1S/C13H14FNO3/c1-2-3-8-11(13(17)18)15-12(16)9-6-4-5-7-10(9)14/h2,4-7,11H,1,3,8H2,(H,15,16)(H,17,18)/t11-/m0/s1. The van der Waals surface area contributed by atoms with Crippen molar-refractivity contribution in [1.29, 1.82) is 0 Å². The van der Waals surface area contributed by atoms with Gasteiger partial charge in [0.05, 0.1) is 5.56 Å². The summed E-state index contributed by atoms with van der Waals surface area (Å²) in [6.45, 7) is 3.48. The number of benzene rings is 1. The number of halogens is 1. The van der Waals surface area contributed by atoms with Crippen molar-refractivity contribution in [3.8, 4) is 0 Å². The van der Waals surface area contributed by atoms with Gasteiger partial charge in [0, 0.05) is 0 Å². The lowest BCUT2D eigenvalue weighted by atomic mass is 10.1. The van der Waals surface area contributed by atoms with Crippen molar-refractivity contribution >= 4 is 11.9 Å². The molecule has 1 amide bonds. The van der Waals surface area contributed by atoms with E-state index >= 15 is 0 Å². The van der Waals surface area contributed by atoms with Crippen LogP contribution in [0.2, 0.25) is 0 Å². The molecule has 96 valence electrons. The Morgan fingerprint density at radius 1 is 1.44 bits per heavy atom. The summed E-state index contributed by atoms with van der Waals surface area (Å²) < 4.78 is 13.3. The Balaban J connectivity index is 2.75. The van der Waals surface area contributed by atoms with E-state index in [0.29, 0.717) is 6.42 Å². The van der Waals surface area contributed by atoms with Crippen molar-refractivity contribution in [3.05, 3.63) is 48.3 Å². The molecule has 0 radical (unpaired) electrons. The number of hydrogen-bond acceptors (Lipinski definition) is 2. The van der Waals surface area contributed by atoms with Crippen LogP contribution in [-0.2, 0) is 4.79 Å². The van der Waals surface area contributed by atoms with Gasteiger partial charge in [-0.25, -0.2) is 9.18 Å². The molecule has 1 aromatic rings. The number of nitrogens with one attached hydrogen (secondary N) is 1. The van der Waals surface area contributed by atoms with Crippen LogP contribution in [0, 0.1) is 5.82 Å². The lowest BCUT2D eigenvalue weighted by Crippen LogP contribution is -2.40. The van der Waals surface area contributed by atoms with E-state index in [1.807, 2.05) is 0 Å². The summed E-state index contributed by atoms with van der Waals surface area (Å²) in [6.07, 6.45) is 2.23. The molecule has 0 spiro atoms. The molecule has 0 fully saturated rings. The number of carbonyl (C=O) groups excluding carboxylic acids is 1. The van der Waals surface area contributed by atoms with Crippen molar-refractivity contribution in [3.63, 3.8) is 0 Å². The van der Waals surface area contributed by atoms with Gasteiger partial charge in [-0.3, -0.25) is 4.79 Å². The van der Waals surface area contributed by atoms with Crippen LogP contribution >= 0.6 is 0 Å². The second-order valence-electron chi connectivity index (χ2n) is 3.71. The predicted octanol–water partition coefficient (Wildman–Crippen LogP) is 1.97. The third-order valence-corrected chi connectivity index (χ3v) is 2.38. The fraction of sp³-hybridized carbons (Fsp3) is 0.231. The van der Waals surface area contributed by atoms with Gasteiger partial charge in [-0.15, -0.1) is 6.58 Å². The van der Waals surface area contributed by atoms with Crippen LogP contribution in [0.15, 0.2) is 36.9 Å². The van der Waals surface area contributed by atoms with Gasteiger partial charge in [-0.05, 0) is 25.0 Å². The minimum atomic E-state index is -1.15. The van der Waals surface area contributed by atoms with Crippen LogP contribution in [0.1, 0.15) is 23.2 Å². The molecule has 0 heterocycles. The molecule has 2 N–H and O–H groups in total. The Morgan fingerprint density at radius 2 is 2.11 bits per heavy atom. The highest BCUT2D eigenvalue weighted by Gasteiger charge is 2.21. The highest BCUT2D eigenvalue weighted by atomic mass is 19.1. The predicted molar refractivity (Wildman–Crippen MR) is 64.7 cm³/mol. The topological polar surface area (TPSA) is 66.4 Å². The summed E-state index contributed by atoms with van der Waals surface area (Å²) in [6, 6.07) is 4.37. The SMILES string of the molecule is C=CCC[C@H](NC(=O)c1ccccc1F)C(=O)O. The monoisotopic (exact) mass is 251 g/mol. The maximum Gasteiger partial charge on any atom is 0.326 e. The number of hydrogen-bond donors (Lipinski definition) is 2. The Labute approximate surface area is 104 Å². The molecule has 1 atom stereocenters. The van der Waals surface area contributed by atoms with E-state index in [1.165, 1.54) is 18.2 Å². The number of allylic oxidation sites excluding steroid dienone is 1. The fourth-order valence-electron chi connectivity index (χ4n) is 1.42. The molecule has 0 saturated heterocycles. The number of amides is 1. The van der Waals surface area contributed by atoms with Gasteiger partial charge in [-0.2, -0.15) is 0 Å². The molecule has 0 unspecified atom stereocenters. The number of carboxylic acid groups (broad SMARTS) is 1. The fourth-order valence-corrected chi connectivity index (χ4v) is 1.42. The maximum atomic E-state index is 13.3. The van der Waals surface area contributed by atoms with E-state index < -0.39 is 23.7 Å². The van der Waals surface area contributed by atoms with E-state index in [4.69, 9.17) is 5.11 Å². The zero-order valence-corrected chi connectivity index (χ0v) is 9.73. The molecule has 18 heavy (non-hydrogen) atoms. The Hall–Kier alpha value is -2.17. The highest BCUT2D eigenvalue weighted by molar-refractivity contribution is 5.96. The minimum absolute atomic E-state index is 0.164. The third-order valence-electron chi connectivity index (χ3n) is 2.38. The summed E-state index contributed by atoms with van der Waals surface area (Å²) in [7, 11) is 0. The van der Waals surface area contributed by atoms with Crippen LogP contribution in [0.25, 0.3) is 0 Å². The van der Waals surface area contributed by atoms with Crippen LogP contribution in [-0.4, -0.2) is 23.0 Å². The minimum Gasteiger partial charge on any atom is -0.480 e. The average molecular weight is 251 g/mol. The van der Waals surface area contributed by atoms with Gasteiger partial charge >= 0.3 is 5.97 Å². The molecule has 0 saturated carbocycles. The Morgan fingerprint density at radius 3 is 2.67 bits per heavy atom. The van der Waals surface area contributed by atoms with Crippen molar-refractivity contribution in [2.45, 2.75) is 18.9 Å². The van der Waals surface area contributed by atoms with Crippen LogP contribution < -0.4 is 5.32 Å². The highest BCUT2D eigenvalue weighted by Crippen LogP contribution is 2.07. The molecule has 0 aliphatic rings. The first-order valence-corrected chi connectivity index (χ1v) is 5.45. The molecule has 0 aliphatic heterocycles. The summed E-state index contributed by atoms with van der Waals surface area (Å²) in [5.74, 6) is -2.56. The Kier molecular flexibility index (Phi) is 5.05. The number of carbonyl (C=O) groups is 2. The van der Waals surface area contributed by atoms with Gasteiger partial charge < -0.3 is 10.4 Å². The third kappa shape index (κ3) is 3.69. The molecule has 0 bridgehead atoms. The van der Waals surface area contributed by atoms with Gasteiger partial charge in [0.25, 0.3) is 5.91 Å². The molecule has 1 aromatic carbocycles. The van der Waals surface area contributed by atoms with E-state index in [-0.39, 0.29) is 12.0 Å². The zero-order valence-electron chi connectivity index (χ0n) is 9.73. The van der Waals surface area contributed by atoms with Crippen molar-refractivity contribution < 1.29 is 19.1 Å². The first-order valence-electron chi connectivity index (χ1n) is 5.45. The van der Waals surface area contributed by atoms with E-state index in [0.717, 1.165) is 6.07 Å². The van der Waals surface area contributed by atoms with Gasteiger partial charge in [0.15, 0.2) is 0 Å². The second kappa shape index (κ2) is 6.54. The second-order valence-corrected chi connectivity index (χ2v) is 3.71. The molecular weight excluding hydrogens is 237 g/mol. The first-order chi connectivity index (χ1) is 8.56. The number of carboxylic acids is 1. The van der Waals surface area contributed by atoms with E-state index in [2.05, 4.69) is 11.9 Å². The molecule has 1 rings (SSSR count). The maximum absolute atomic E-state index is 13.3. The smallest absolute Gasteiger partial charge is 0.326 e. The summed E-state index contributed by atoms with van der Waals surface area (Å²) in [5.41, 5.74) is -0.164. The quantitative estimate of drug-likeness (QED) is 0.760. The lowest BCUT2D eigenvalue weighted by Gasteiger charge is -2.13. The molecule has 4 nitrogen and oxygen atoms in total. The van der Waals surface area contributed by atoms with Crippen molar-refractivity contribution in [2.75, 3.05) is 0 Å². The molecular formula is C13H14FNO3. The summed E-state index contributed by atoms with van der Waals surface area (Å²) in [5, 5.41) is 11.2. The normalized spacial score (nSPS) is 11.6. The van der Waals surface area contributed by atoms with Gasteiger partial charge in [0.1, 0.15) is 11.9 Å². The van der Waals surface area contributed by atoms with Gasteiger partial charge in [0.2, 0.25) is 0 Å². The van der Waals surface area contributed by atoms with E-state index in [1.54, 1.807) is 6.08 Å². The first kappa shape index (κ1) is 13.9. The number of aliphatic carboxylic acids is 1. The summed E-state index contributed by atoms with van der Waals surface area (Å²) >= 11 is 0. The molecule has 5 heteroatoms. The largest absolute Gasteiger partial charge is 0.480 e. The van der Waals surface area contributed by atoms with E-state index in [9.17, 15) is 14.0 Å². The van der Waals surface area contributed by atoms with Crippen molar-refractivity contribution in [1.82, 2.24) is 5.32 Å². The van der Waals surface area contributed by atoms with Gasteiger partial charge in [-0.1, -0.05) is 18.2 Å². The summed E-state index contributed by atoms with van der Waals surface area (Å²) in [4.78, 5) is 22.6. The van der Waals surface area contributed by atoms with Crippen LogP contribution in [0.5, 0.6) is 0 Å². The average Bonchev–Trinajstić information content (AvgIpc) is 2.34. The molecule has 0 aliphatic carbocycles. The van der Waals surface area contributed by atoms with Crippen LogP contribution in [0.3, 0.4) is 0 Å². The Bertz CT molecular complexity index is 459.